The van der Waals surface area contributed by atoms with Crippen molar-refractivity contribution in [2.75, 3.05) is 6.61 Å². The van der Waals surface area contributed by atoms with Crippen molar-refractivity contribution >= 4 is 26.8 Å². The minimum absolute atomic E-state index is 0.0477. The van der Waals surface area contributed by atoms with Crippen LogP contribution in [0.1, 0.15) is 34.1 Å². The van der Waals surface area contributed by atoms with E-state index in [-0.39, 0.29) is 5.04 Å². The Kier molecular flexibility index (Phi) is 7.06. The summed E-state index contributed by atoms with van der Waals surface area (Å²) in [6.07, 6.45) is 1.01. The molecule has 146 valence electrons. The molecule has 0 aromatic heterocycles. The van der Waals surface area contributed by atoms with Gasteiger partial charge in [-0.05, 0) is 28.8 Å². The van der Waals surface area contributed by atoms with Gasteiger partial charge in [-0.2, -0.15) is 0 Å². The van der Waals surface area contributed by atoms with Gasteiger partial charge in [0, 0.05) is 6.61 Å². The molecule has 0 unspecified atom stereocenters. The highest BCUT2D eigenvalue weighted by Crippen LogP contribution is 2.36. The van der Waals surface area contributed by atoms with Crippen molar-refractivity contribution in [3.63, 3.8) is 0 Å². The van der Waals surface area contributed by atoms with Gasteiger partial charge in [-0.1, -0.05) is 112 Å². The number of benzene rings is 2. The maximum Gasteiger partial charge on any atom is 0.261 e. The maximum atomic E-state index is 6.96. The van der Waals surface area contributed by atoms with Crippen LogP contribution in [-0.2, 0) is 4.43 Å². The zero-order valence-electron chi connectivity index (χ0n) is 18.2. The highest BCUT2D eigenvalue weighted by molar-refractivity contribution is 6.99. The van der Waals surface area contributed by atoms with E-state index < -0.39 is 16.4 Å². The summed E-state index contributed by atoms with van der Waals surface area (Å²) in [5, 5.41) is 2.76. The molecule has 0 atom stereocenters. The summed E-state index contributed by atoms with van der Waals surface area (Å²) >= 11 is 0. The van der Waals surface area contributed by atoms with E-state index in [2.05, 4.69) is 114 Å². The third kappa shape index (κ3) is 5.53. The second kappa shape index (κ2) is 8.72. The Hall–Kier alpha value is -1.43. The molecule has 2 aromatic rings. The van der Waals surface area contributed by atoms with Crippen LogP contribution in [0.15, 0.2) is 71.9 Å². The Balaban J connectivity index is 2.43. The second-order valence-electron chi connectivity index (χ2n) is 9.62. The van der Waals surface area contributed by atoms with Gasteiger partial charge in [0.15, 0.2) is 0 Å². The van der Waals surface area contributed by atoms with E-state index in [0.29, 0.717) is 0 Å². The van der Waals surface area contributed by atoms with Gasteiger partial charge >= 0.3 is 0 Å². The molecular formula is C24H36OSi2. The average molecular weight is 397 g/mol. The van der Waals surface area contributed by atoms with Crippen LogP contribution < -0.4 is 10.4 Å². The quantitative estimate of drug-likeness (QED) is 0.539. The molecule has 0 fully saturated rings. The smallest absolute Gasteiger partial charge is 0.261 e. The molecule has 0 amide bonds. The standard InChI is InChI=1S/C24H36OSi2/c1-21(20-26(5,6)7)18-19-25-27(24(2,3)4,22-14-10-8-11-15-22)23-16-12-9-13-17-23/h8-17,20H,18-19H2,1-7H3/b21-20+. The first-order chi connectivity index (χ1) is 12.6. The summed E-state index contributed by atoms with van der Waals surface area (Å²) in [4.78, 5) is 0. The highest BCUT2D eigenvalue weighted by atomic mass is 28.4. The van der Waals surface area contributed by atoms with Gasteiger partial charge in [-0.15, -0.1) is 0 Å². The SMILES string of the molecule is C/C(=C\[Si](C)(C)C)CCO[Si](c1ccccc1)(c1ccccc1)C(C)(C)C. The minimum atomic E-state index is -2.39. The molecule has 0 bridgehead atoms. The van der Waals surface area contributed by atoms with Gasteiger partial charge in [-0.25, -0.2) is 0 Å². The van der Waals surface area contributed by atoms with Crippen LogP contribution in [0, 0.1) is 0 Å². The van der Waals surface area contributed by atoms with Crippen molar-refractivity contribution in [1.29, 1.82) is 0 Å². The molecule has 0 saturated heterocycles. The fourth-order valence-corrected chi connectivity index (χ4v) is 10.1. The van der Waals surface area contributed by atoms with Crippen LogP contribution in [0.4, 0.5) is 0 Å². The molecule has 3 heteroatoms. The molecule has 1 nitrogen and oxygen atoms in total. The van der Waals surface area contributed by atoms with Crippen molar-refractivity contribution in [2.45, 2.75) is 58.8 Å². The van der Waals surface area contributed by atoms with Crippen molar-refractivity contribution < 1.29 is 4.43 Å². The monoisotopic (exact) mass is 396 g/mol. The first-order valence-corrected chi connectivity index (χ1v) is 15.5. The molecule has 0 heterocycles. The largest absolute Gasteiger partial charge is 0.407 e. The van der Waals surface area contributed by atoms with Crippen LogP contribution in [0.2, 0.25) is 24.7 Å². The maximum absolute atomic E-state index is 6.96. The Morgan fingerprint density at radius 2 is 1.30 bits per heavy atom. The van der Waals surface area contributed by atoms with E-state index in [1.165, 1.54) is 15.9 Å². The molecule has 0 spiro atoms. The molecule has 2 aromatic carbocycles. The van der Waals surface area contributed by atoms with Crippen LogP contribution in [0.5, 0.6) is 0 Å². The summed E-state index contributed by atoms with van der Waals surface area (Å²) in [5.41, 5.74) is 3.97. The molecule has 2 rings (SSSR count). The lowest BCUT2D eigenvalue weighted by molar-refractivity contribution is 0.301. The van der Waals surface area contributed by atoms with Gasteiger partial charge in [0.2, 0.25) is 0 Å². The molecule has 0 radical (unpaired) electrons. The number of hydrogen-bond acceptors (Lipinski definition) is 1. The average Bonchev–Trinajstić information content (AvgIpc) is 2.57. The fourth-order valence-electron chi connectivity index (χ4n) is 3.94. The fraction of sp³-hybridized carbons (Fsp3) is 0.417. The van der Waals surface area contributed by atoms with Gasteiger partial charge < -0.3 is 4.43 Å². The Bertz CT molecular complexity index is 698. The van der Waals surface area contributed by atoms with Crippen molar-refractivity contribution in [1.82, 2.24) is 0 Å². The topological polar surface area (TPSA) is 9.23 Å². The highest BCUT2D eigenvalue weighted by Gasteiger charge is 2.49. The van der Waals surface area contributed by atoms with E-state index in [9.17, 15) is 0 Å². The predicted molar refractivity (Wildman–Crippen MR) is 125 cm³/mol. The normalized spacial score (nSPS) is 13.7. The zero-order valence-corrected chi connectivity index (χ0v) is 20.2. The number of hydrogen-bond donors (Lipinski definition) is 0. The van der Waals surface area contributed by atoms with E-state index in [0.717, 1.165) is 13.0 Å². The van der Waals surface area contributed by atoms with Crippen molar-refractivity contribution in [3.05, 3.63) is 71.9 Å². The Morgan fingerprint density at radius 1 is 0.852 bits per heavy atom. The third-order valence-electron chi connectivity index (χ3n) is 4.91. The second-order valence-corrected chi connectivity index (χ2v) is 18.9. The predicted octanol–water partition coefficient (Wildman–Crippen LogP) is 5.78. The molecule has 0 aliphatic carbocycles. The number of rotatable bonds is 7. The molecule has 0 saturated carbocycles. The van der Waals surface area contributed by atoms with Crippen molar-refractivity contribution in [3.8, 4) is 0 Å². The lowest BCUT2D eigenvalue weighted by atomic mass is 10.2. The van der Waals surface area contributed by atoms with Gasteiger partial charge in [-0.3, -0.25) is 0 Å². The van der Waals surface area contributed by atoms with E-state index >= 15 is 0 Å². The van der Waals surface area contributed by atoms with E-state index in [1.54, 1.807) is 0 Å². The summed E-state index contributed by atoms with van der Waals surface area (Å²) < 4.78 is 6.96. The van der Waals surface area contributed by atoms with Gasteiger partial charge in [0.05, 0.1) is 8.07 Å². The summed E-state index contributed by atoms with van der Waals surface area (Å²) in [7, 11) is -3.58. The van der Waals surface area contributed by atoms with E-state index in [1.807, 2.05) is 0 Å². The van der Waals surface area contributed by atoms with Gasteiger partial charge in [0.25, 0.3) is 8.32 Å². The van der Waals surface area contributed by atoms with E-state index in [4.69, 9.17) is 4.43 Å². The van der Waals surface area contributed by atoms with Crippen LogP contribution in [-0.4, -0.2) is 23.0 Å². The third-order valence-corrected chi connectivity index (χ3v) is 11.3. The molecule has 27 heavy (non-hydrogen) atoms. The van der Waals surface area contributed by atoms with Crippen LogP contribution >= 0.6 is 0 Å². The van der Waals surface area contributed by atoms with Gasteiger partial charge in [0.1, 0.15) is 0 Å². The first kappa shape index (κ1) is 21.9. The Morgan fingerprint density at radius 3 is 1.67 bits per heavy atom. The lowest BCUT2D eigenvalue weighted by Gasteiger charge is -2.43. The summed E-state index contributed by atoms with van der Waals surface area (Å²) in [6, 6.07) is 21.8. The zero-order chi connectivity index (χ0) is 20.1. The Labute approximate surface area is 168 Å². The first-order valence-electron chi connectivity index (χ1n) is 10.00. The summed E-state index contributed by atoms with van der Waals surface area (Å²) in [5.74, 6) is 0. The lowest BCUT2D eigenvalue weighted by Crippen LogP contribution is -2.66. The summed E-state index contributed by atoms with van der Waals surface area (Å²) in [6.45, 7) is 17.2. The van der Waals surface area contributed by atoms with Crippen LogP contribution in [0.25, 0.3) is 0 Å². The molecular weight excluding hydrogens is 360 g/mol. The van der Waals surface area contributed by atoms with Crippen LogP contribution in [0.3, 0.4) is 0 Å². The molecule has 0 aliphatic rings. The molecule has 0 aliphatic heterocycles. The van der Waals surface area contributed by atoms with Crippen molar-refractivity contribution in [2.24, 2.45) is 0 Å². The minimum Gasteiger partial charge on any atom is -0.407 e. The molecule has 0 N–H and O–H groups in total.